The Bertz CT molecular complexity index is 628. The van der Waals surface area contributed by atoms with E-state index in [9.17, 15) is 13.2 Å². The molecule has 8 heteroatoms. The van der Waals surface area contributed by atoms with Crippen LogP contribution >= 0.6 is 10.7 Å². The lowest BCUT2D eigenvalue weighted by molar-refractivity contribution is -0.121. The highest BCUT2D eigenvalue weighted by Crippen LogP contribution is 2.35. The number of hydrogen-bond acceptors (Lipinski definition) is 5. The molecule has 0 fully saturated rings. The fourth-order valence-electron chi connectivity index (χ4n) is 1.65. The molecule has 0 heterocycles. The highest BCUT2D eigenvalue weighted by Gasteiger charge is 2.21. The van der Waals surface area contributed by atoms with Gasteiger partial charge in [-0.1, -0.05) is 0 Å². The second-order valence-corrected chi connectivity index (χ2v) is 7.22. The SMILES string of the molecule is COc1c(NC(=O)COC(C)C)cc(C)cc1S(=O)(=O)Cl. The molecule has 21 heavy (non-hydrogen) atoms. The predicted octanol–water partition coefficient (Wildman–Crippen LogP) is 2.29. The van der Waals surface area contributed by atoms with Gasteiger partial charge in [-0.15, -0.1) is 0 Å². The molecule has 0 aromatic heterocycles. The summed E-state index contributed by atoms with van der Waals surface area (Å²) < 4.78 is 33.4. The lowest BCUT2D eigenvalue weighted by Gasteiger charge is -2.14. The van der Waals surface area contributed by atoms with Crippen molar-refractivity contribution in [3.63, 3.8) is 0 Å². The van der Waals surface area contributed by atoms with Crippen molar-refractivity contribution in [3.05, 3.63) is 17.7 Å². The summed E-state index contributed by atoms with van der Waals surface area (Å²) >= 11 is 0. The van der Waals surface area contributed by atoms with Crippen LogP contribution < -0.4 is 10.1 Å². The first kappa shape index (κ1) is 17.7. The summed E-state index contributed by atoms with van der Waals surface area (Å²) in [5.74, 6) is -0.418. The standard InChI is InChI=1S/C13H18ClNO5S/c1-8(2)20-7-12(16)15-10-5-9(3)6-11(13(10)19-4)21(14,17)18/h5-6,8H,7H2,1-4H3,(H,15,16). The lowest BCUT2D eigenvalue weighted by atomic mass is 10.2. The first-order valence-corrected chi connectivity index (χ1v) is 8.50. The van der Waals surface area contributed by atoms with E-state index in [1.165, 1.54) is 13.2 Å². The number of methoxy groups -OCH3 is 1. The molecule has 0 spiro atoms. The van der Waals surface area contributed by atoms with Crippen LogP contribution in [0.5, 0.6) is 5.75 Å². The van der Waals surface area contributed by atoms with Gasteiger partial charge in [-0.3, -0.25) is 4.79 Å². The number of benzene rings is 1. The van der Waals surface area contributed by atoms with Crippen molar-refractivity contribution in [2.75, 3.05) is 19.0 Å². The quantitative estimate of drug-likeness (QED) is 0.807. The third kappa shape index (κ3) is 5.18. The monoisotopic (exact) mass is 335 g/mol. The topological polar surface area (TPSA) is 81.7 Å². The maximum Gasteiger partial charge on any atom is 0.265 e. The van der Waals surface area contributed by atoms with Crippen LogP contribution in [0.2, 0.25) is 0 Å². The van der Waals surface area contributed by atoms with Crippen LogP contribution in [-0.2, 0) is 18.6 Å². The summed E-state index contributed by atoms with van der Waals surface area (Å²) in [7, 11) is 2.70. The van der Waals surface area contributed by atoms with E-state index in [0.29, 0.717) is 5.56 Å². The van der Waals surface area contributed by atoms with Gasteiger partial charge >= 0.3 is 0 Å². The number of hydrogen-bond donors (Lipinski definition) is 1. The number of aryl methyl sites for hydroxylation is 1. The van der Waals surface area contributed by atoms with E-state index < -0.39 is 15.0 Å². The van der Waals surface area contributed by atoms with Crippen molar-refractivity contribution in [1.29, 1.82) is 0 Å². The largest absolute Gasteiger partial charge is 0.493 e. The van der Waals surface area contributed by atoms with E-state index in [1.54, 1.807) is 26.8 Å². The first-order chi connectivity index (χ1) is 9.65. The molecule has 0 aliphatic carbocycles. The third-order valence-electron chi connectivity index (χ3n) is 2.49. The predicted molar refractivity (Wildman–Crippen MR) is 80.5 cm³/mol. The number of ether oxygens (including phenoxy) is 2. The Hall–Kier alpha value is -1.31. The van der Waals surface area contributed by atoms with Gasteiger partial charge in [0.25, 0.3) is 9.05 Å². The summed E-state index contributed by atoms with van der Waals surface area (Å²) in [5, 5.41) is 2.56. The number of anilines is 1. The molecule has 0 radical (unpaired) electrons. The van der Waals surface area contributed by atoms with Crippen LogP contribution in [0.1, 0.15) is 19.4 Å². The lowest BCUT2D eigenvalue weighted by Crippen LogP contribution is -2.21. The van der Waals surface area contributed by atoms with E-state index in [2.05, 4.69) is 5.32 Å². The summed E-state index contributed by atoms with van der Waals surface area (Å²) in [5.41, 5.74) is 0.851. The minimum absolute atomic E-state index is 0.00602. The average molecular weight is 336 g/mol. The number of carbonyl (C=O) groups excluding carboxylic acids is 1. The molecule has 1 rings (SSSR count). The van der Waals surface area contributed by atoms with Gasteiger partial charge in [0.2, 0.25) is 5.91 Å². The Labute approximate surface area is 128 Å². The minimum atomic E-state index is -3.99. The first-order valence-electron chi connectivity index (χ1n) is 6.20. The molecule has 1 amide bonds. The highest BCUT2D eigenvalue weighted by molar-refractivity contribution is 8.13. The summed E-state index contributed by atoms with van der Waals surface area (Å²) in [6.45, 7) is 5.15. The molecule has 0 bridgehead atoms. The van der Waals surface area contributed by atoms with Crippen LogP contribution in [0.15, 0.2) is 17.0 Å². The summed E-state index contributed by atoms with van der Waals surface area (Å²) in [6.07, 6.45) is -0.0889. The molecule has 1 aromatic rings. The van der Waals surface area contributed by atoms with E-state index in [-0.39, 0.29) is 29.0 Å². The Morgan fingerprint density at radius 3 is 2.48 bits per heavy atom. The second-order valence-electron chi connectivity index (χ2n) is 4.69. The van der Waals surface area contributed by atoms with Crippen LogP contribution in [-0.4, -0.2) is 34.1 Å². The maximum atomic E-state index is 11.8. The van der Waals surface area contributed by atoms with Gasteiger partial charge in [0.1, 0.15) is 11.5 Å². The minimum Gasteiger partial charge on any atom is -0.493 e. The van der Waals surface area contributed by atoms with Crippen molar-refractivity contribution >= 4 is 31.3 Å². The van der Waals surface area contributed by atoms with Gasteiger partial charge in [0.05, 0.1) is 18.9 Å². The number of nitrogens with one attached hydrogen (secondary N) is 1. The molecule has 1 N–H and O–H groups in total. The molecule has 0 aliphatic rings. The smallest absolute Gasteiger partial charge is 0.265 e. The van der Waals surface area contributed by atoms with Crippen LogP contribution in [0.3, 0.4) is 0 Å². The molecule has 6 nitrogen and oxygen atoms in total. The number of amides is 1. The molecular weight excluding hydrogens is 318 g/mol. The van der Waals surface area contributed by atoms with Crippen LogP contribution in [0.4, 0.5) is 5.69 Å². The van der Waals surface area contributed by atoms with Gasteiger partial charge < -0.3 is 14.8 Å². The Kier molecular flexibility index (Phi) is 6.00. The number of halogens is 1. The zero-order valence-electron chi connectivity index (χ0n) is 12.3. The van der Waals surface area contributed by atoms with E-state index in [4.69, 9.17) is 20.2 Å². The molecule has 1 aromatic carbocycles. The van der Waals surface area contributed by atoms with Crippen molar-refractivity contribution < 1.29 is 22.7 Å². The van der Waals surface area contributed by atoms with Gasteiger partial charge in [-0.25, -0.2) is 8.42 Å². The van der Waals surface area contributed by atoms with E-state index >= 15 is 0 Å². The van der Waals surface area contributed by atoms with Crippen molar-refractivity contribution in [1.82, 2.24) is 0 Å². The van der Waals surface area contributed by atoms with Crippen LogP contribution in [0, 0.1) is 6.92 Å². The molecule has 118 valence electrons. The zero-order chi connectivity index (χ0) is 16.2. The number of carbonyl (C=O) groups is 1. The fourth-order valence-corrected chi connectivity index (χ4v) is 2.74. The van der Waals surface area contributed by atoms with Crippen molar-refractivity contribution in [2.45, 2.75) is 31.8 Å². The van der Waals surface area contributed by atoms with Crippen LogP contribution in [0.25, 0.3) is 0 Å². The zero-order valence-corrected chi connectivity index (χ0v) is 13.8. The molecular formula is C13H18ClNO5S. The normalized spacial score (nSPS) is 11.5. The van der Waals surface area contributed by atoms with Gasteiger partial charge in [0.15, 0.2) is 5.75 Å². The Morgan fingerprint density at radius 1 is 1.38 bits per heavy atom. The average Bonchev–Trinajstić information content (AvgIpc) is 2.34. The highest BCUT2D eigenvalue weighted by atomic mass is 35.7. The molecule has 0 saturated heterocycles. The molecule has 0 unspecified atom stereocenters. The second kappa shape index (κ2) is 7.11. The Balaban J connectivity index is 3.13. The van der Waals surface area contributed by atoms with Gasteiger partial charge in [-0.05, 0) is 38.5 Å². The molecule has 0 atom stereocenters. The van der Waals surface area contributed by atoms with Crippen molar-refractivity contribution in [3.8, 4) is 5.75 Å². The Morgan fingerprint density at radius 2 is 2.00 bits per heavy atom. The van der Waals surface area contributed by atoms with Gasteiger partial charge in [-0.2, -0.15) is 0 Å². The fraction of sp³-hybridized carbons (Fsp3) is 0.462. The third-order valence-corrected chi connectivity index (χ3v) is 3.82. The molecule has 0 aliphatic heterocycles. The maximum absolute atomic E-state index is 11.8. The summed E-state index contributed by atoms with van der Waals surface area (Å²) in [4.78, 5) is 11.6. The van der Waals surface area contributed by atoms with E-state index in [0.717, 1.165) is 0 Å². The van der Waals surface area contributed by atoms with Crippen molar-refractivity contribution in [2.24, 2.45) is 0 Å². The van der Waals surface area contributed by atoms with Gasteiger partial charge in [0, 0.05) is 10.7 Å². The number of rotatable bonds is 6. The van der Waals surface area contributed by atoms with E-state index in [1.807, 2.05) is 0 Å². The summed E-state index contributed by atoms with van der Waals surface area (Å²) in [6, 6.07) is 2.97. The molecule has 0 saturated carbocycles.